The molecule has 3 nitrogen and oxygen atoms in total. The van der Waals surface area contributed by atoms with E-state index in [1.807, 2.05) is 0 Å². The van der Waals surface area contributed by atoms with Crippen molar-refractivity contribution in [3.63, 3.8) is 0 Å². The van der Waals surface area contributed by atoms with E-state index in [0.717, 1.165) is 25.7 Å². The van der Waals surface area contributed by atoms with E-state index < -0.39 is 50.9 Å². The van der Waals surface area contributed by atoms with E-state index in [2.05, 4.69) is 6.92 Å². The van der Waals surface area contributed by atoms with Crippen LogP contribution in [-0.4, -0.2) is 33.1 Å². The molecule has 0 saturated heterocycles. The van der Waals surface area contributed by atoms with Gasteiger partial charge in [0, 0.05) is 0 Å². The van der Waals surface area contributed by atoms with E-state index in [4.69, 9.17) is 3.97 Å². The summed E-state index contributed by atoms with van der Waals surface area (Å²) in [5.74, 6) is -11.8. The van der Waals surface area contributed by atoms with Gasteiger partial charge in [0.05, 0.1) is 0 Å². The molecule has 1 aromatic rings. The van der Waals surface area contributed by atoms with Crippen LogP contribution in [0.25, 0.3) is 0 Å². The molecular weight excluding hydrogens is 590 g/mol. The van der Waals surface area contributed by atoms with Gasteiger partial charge in [-0.3, -0.25) is 0 Å². The van der Waals surface area contributed by atoms with Crippen molar-refractivity contribution in [2.75, 3.05) is 24.6 Å². The van der Waals surface area contributed by atoms with Crippen LogP contribution in [0.1, 0.15) is 143 Å². The molecule has 1 aromatic carbocycles. The Kier molecular flexibility index (Phi) is 18.3. The third-order valence-corrected chi connectivity index (χ3v) is 18.8. The fourth-order valence-electron chi connectivity index (χ4n) is 5.87. The van der Waals surface area contributed by atoms with Crippen molar-refractivity contribution in [2.24, 2.45) is 0 Å². The summed E-state index contributed by atoms with van der Waals surface area (Å²) < 4.78 is 102. The summed E-state index contributed by atoms with van der Waals surface area (Å²) in [5.41, 5.74) is 0. The van der Waals surface area contributed by atoms with Crippen LogP contribution in [0, 0.1) is 29.1 Å². The molecule has 0 saturated carbocycles. The van der Waals surface area contributed by atoms with Gasteiger partial charge in [0.15, 0.2) is 0 Å². The molecule has 0 fully saturated rings. The zero-order valence-electron chi connectivity index (χ0n) is 26.5. The number of halogens is 5. The Bertz CT molecular complexity index is 991. The van der Waals surface area contributed by atoms with Crippen molar-refractivity contribution >= 4 is 16.9 Å². The fraction of sp³-hybridized carbons (Fsp3) is 0.812. The molecule has 0 spiro atoms. The summed E-state index contributed by atoms with van der Waals surface area (Å²) in [4.78, 5) is -1.90. The molecule has 0 N–H and O–H groups in total. The summed E-state index contributed by atoms with van der Waals surface area (Å²) >= 11 is 0. The molecule has 0 atom stereocenters. The van der Waals surface area contributed by atoms with Gasteiger partial charge in [-0.2, -0.15) is 0 Å². The van der Waals surface area contributed by atoms with E-state index in [1.165, 1.54) is 83.5 Å². The summed E-state index contributed by atoms with van der Waals surface area (Å²) in [6, 6.07) is 0. The normalized spacial score (nSPS) is 13.4. The van der Waals surface area contributed by atoms with Gasteiger partial charge in [-0.1, -0.05) is 51.9 Å². The van der Waals surface area contributed by atoms with Gasteiger partial charge in [0.1, 0.15) is 0 Å². The van der Waals surface area contributed by atoms with Crippen molar-refractivity contribution < 1.29 is 34.3 Å². The van der Waals surface area contributed by atoms with Crippen molar-refractivity contribution in [1.82, 2.24) is 0 Å². The molecular formula is C32H56F5O3PS. The van der Waals surface area contributed by atoms with Crippen LogP contribution in [0.15, 0.2) is 4.90 Å². The second-order valence-electron chi connectivity index (χ2n) is 12.0. The van der Waals surface area contributed by atoms with E-state index in [-0.39, 0.29) is 0 Å². The van der Waals surface area contributed by atoms with Gasteiger partial charge >= 0.3 is 201 Å². The summed E-state index contributed by atoms with van der Waals surface area (Å²) in [5, 5.41) is 0. The zero-order chi connectivity index (χ0) is 31.7. The molecule has 0 aliphatic rings. The van der Waals surface area contributed by atoms with E-state index in [9.17, 15) is 30.4 Å². The second-order valence-corrected chi connectivity index (χ2v) is 19.9. The molecule has 42 heavy (non-hydrogen) atoms. The number of hydrogen-bond donors (Lipinski definition) is 0. The Morgan fingerprint density at radius 3 is 1.07 bits per heavy atom. The molecule has 0 unspecified atom stereocenters. The number of benzene rings is 1. The molecule has 1 rings (SSSR count). The molecule has 0 heterocycles. The van der Waals surface area contributed by atoms with Crippen LogP contribution in [0.2, 0.25) is 0 Å². The molecule has 0 bridgehead atoms. The third-order valence-electron chi connectivity index (χ3n) is 9.21. The topological polar surface area (TPSA) is 43.4 Å². The van der Waals surface area contributed by atoms with Crippen molar-refractivity contribution in [3.05, 3.63) is 29.1 Å². The summed E-state index contributed by atoms with van der Waals surface area (Å²) in [7, 11) is -5.25. The molecule has 0 aromatic heterocycles. The monoisotopic (exact) mass is 646 g/mol. The Morgan fingerprint density at radius 1 is 0.476 bits per heavy atom. The predicted octanol–water partition coefficient (Wildman–Crippen LogP) is 11.7. The Hall–Kier alpha value is -0.790. The minimum atomic E-state index is -5.25. The maximum absolute atomic E-state index is 14.4. The quantitative estimate of drug-likeness (QED) is 0.0349. The first-order valence-corrected chi connectivity index (χ1v) is 20.7. The van der Waals surface area contributed by atoms with Crippen LogP contribution in [0.5, 0.6) is 0 Å². The molecule has 0 radical (unpaired) electrons. The SMILES string of the molecule is CCCCCCCCCCCCCCCCCCCCP(CC)(CC)(CC)OS(=O)(=O)c1c(F)c(F)c(F)c(F)c1F. The van der Waals surface area contributed by atoms with E-state index in [1.54, 1.807) is 20.8 Å². The Morgan fingerprint density at radius 2 is 0.762 bits per heavy atom. The first-order valence-electron chi connectivity index (χ1n) is 16.4. The van der Waals surface area contributed by atoms with Gasteiger partial charge in [0.2, 0.25) is 0 Å². The maximum atomic E-state index is 14.4. The van der Waals surface area contributed by atoms with Crippen LogP contribution >= 0.6 is 6.83 Å². The number of rotatable bonds is 25. The average Bonchev–Trinajstić information content (AvgIpc) is 2.98. The average molecular weight is 647 g/mol. The Balaban J connectivity index is 2.47. The molecule has 248 valence electrons. The van der Waals surface area contributed by atoms with Gasteiger partial charge < -0.3 is 0 Å². The second kappa shape index (κ2) is 19.6. The van der Waals surface area contributed by atoms with E-state index >= 15 is 0 Å². The Labute approximate surface area is 252 Å². The van der Waals surface area contributed by atoms with E-state index in [0.29, 0.717) is 31.1 Å². The predicted molar refractivity (Wildman–Crippen MR) is 167 cm³/mol. The fourth-order valence-corrected chi connectivity index (χ4v) is 13.9. The van der Waals surface area contributed by atoms with Gasteiger partial charge in [-0.25, -0.2) is 0 Å². The third kappa shape index (κ3) is 11.6. The van der Waals surface area contributed by atoms with Crippen LogP contribution in [-0.2, 0) is 14.1 Å². The first-order chi connectivity index (χ1) is 19.9. The summed E-state index contributed by atoms with van der Waals surface area (Å²) in [6.45, 7) is 4.01. The molecule has 0 aliphatic heterocycles. The first kappa shape index (κ1) is 39.2. The van der Waals surface area contributed by atoms with Crippen molar-refractivity contribution in [2.45, 2.75) is 148 Å². The van der Waals surface area contributed by atoms with Crippen molar-refractivity contribution in [1.29, 1.82) is 0 Å². The summed E-state index contributed by atoms with van der Waals surface area (Å²) in [6.07, 6.45) is 23.4. The molecule has 10 heteroatoms. The van der Waals surface area contributed by atoms with Crippen molar-refractivity contribution in [3.8, 4) is 0 Å². The van der Waals surface area contributed by atoms with Gasteiger partial charge in [0.25, 0.3) is 0 Å². The van der Waals surface area contributed by atoms with Gasteiger partial charge in [-0.15, -0.1) is 0 Å². The molecule has 0 amide bonds. The molecule has 0 aliphatic carbocycles. The van der Waals surface area contributed by atoms with Crippen LogP contribution in [0.3, 0.4) is 0 Å². The number of hydrogen-bond acceptors (Lipinski definition) is 3. The minimum absolute atomic E-state index is 0.326. The zero-order valence-corrected chi connectivity index (χ0v) is 28.2. The number of unbranched alkanes of at least 4 members (excludes halogenated alkanes) is 17. The van der Waals surface area contributed by atoms with Crippen LogP contribution in [0.4, 0.5) is 22.0 Å². The van der Waals surface area contributed by atoms with Crippen LogP contribution < -0.4 is 0 Å². The standard InChI is InChI=1S/C32H56F5O3PS/c1-5-9-10-11-12-13-14-15-16-17-18-19-20-21-22-23-24-25-26-41(6-2,7-3,8-4)40-42(38,39)32-30(36)28(34)27(33)29(35)31(32)37/h5-26H2,1-4H3. The van der Waals surface area contributed by atoms with Gasteiger partial charge in [-0.05, 0) is 0 Å².